The van der Waals surface area contributed by atoms with Crippen LogP contribution in [0, 0.1) is 5.92 Å². The van der Waals surface area contributed by atoms with E-state index < -0.39 is 0 Å². The lowest BCUT2D eigenvalue weighted by Crippen LogP contribution is -2.41. The molecule has 3 nitrogen and oxygen atoms in total. The minimum Gasteiger partial charge on any atom is -0.418 e. The fourth-order valence-corrected chi connectivity index (χ4v) is 1.51. The number of rotatable bonds is 5. The van der Waals surface area contributed by atoms with E-state index in [1.165, 1.54) is 6.26 Å². The first-order valence-corrected chi connectivity index (χ1v) is 6.18. The molecule has 0 saturated heterocycles. The first-order chi connectivity index (χ1) is 7.86. The van der Waals surface area contributed by atoms with Crippen molar-refractivity contribution in [3.8, 4) is 0 Å². The van der Waals surface area contributed by atoms with E-state index in [-0.39, 0.29) is 18.2 Å². The largest absolute Gasteiger partial charge is 0.418 e. The van der Waals surface area contributed by atoms with Gasteiger partial charge in [-0.25, -0.2) is 4.79 Å². The highest BCUT2D eigenvalue weighted by Gasteiger charge is 2.20. The average molecular weight is 239 g/mol. The van der Waals surface area contributed by atoms with Crippen LogP contribution in [0.1, 0.15) is 41.5 Å². The Bertz CT molecular complexity index is 270. The van der Waals surface area contributed by atoms with Crippen molar-refractivity contribution in [3.05, 3.63) is 24.5 Å². The highest BCUT2D eigenvalue weighted by atomic mass is 16.5. The van der Waals surface area contributed by atoms with E-state index in [0.29, 0.717) is 5.92 Å². The van der Waals surface area contributed by atoms with Crippen molar-refractivity contribution in [2.24, 2.45) is 5.92 Å². The van der Waals surface area contributed by atoms with Crippen LogP contribution < -0.4 is 0 Å². The van der Waals surface area contributed by atoms with E-state index >= 15 is 0 Å². The maximum absolute atomic E-state index is 11.8. The average Bonchev–Trinajstić information content (AvgIpc) is 2.15. The number of hydrogen-bond donors (Lipinski definition) is 0. The lowest BCUT2D eigenvalue weighted by Gasteiger charge is -2.28. The number of carbonyl (C=O) groups excluding carboxylic acids is 1. The van der Waals surface area contributed by atoms with Gasteiger partial charge in [-0.2, -0.15) is 0 Å². The molecule has 0 rings (SSSR count). The predicted molar refractivity (Wildman–Crippen MR) is 71.7 cm³/mol. The topological polar surface area (TPSA) is 29.5 Å². The Morgan fingerprint density at radius 2 is 1.53 bits per heavy atom. The smallest absolute Gasteiger partial charge is 0.415 e. The molecular weight excluding hydrogens is 214 g/mol. The molecule has 0 aromatic rings. The Morgan fingerprint density at radius 1 is 1.00 bits per heavy atom. The van der Waals surface area contributed by atoms with Crippen LogP contribution in [0.15, 0.2) is 24.5 Å². The van der Waals surface area contributed by atoms with Gasteiger partial charge in [-0.3, -0.25) is 0 Å². The minimum atomic E-state index is -0.302. The summed E-state index contributed by atoms with van der Waals surface area (Å²) in [7, 11) is 0. The first-order valence-electron chi connectivity index (χ1n) is 6.18. The number of ether oxygens (including phenoxy) is 1. The van der Waals surface area contributed by atoms with E-state index in [4.69, 9.17) is 4.74 Å². The van der Waals surface area contributed by atoms with E-state index in [9.17, 15) is 4.79 Å². The van der Waals surface area contributed by atoms with Crippen LogP contribution in [-0.4, -0.2) is 23.1 Å². The van der Waals surface area contributed by atoms with Crippen LogP contribution in [0.3, 0.4) is 0 Å². The Morgan fingerprint density at radius 3 is 1.94 bits per heavy atom. The molecule has 0 aliphatic carbocycles. The Hall–Kier alpha value is -1.25. The van der Waals surface area contributed by atoms with Crippen molar-refractivity contribution in [3.63, 3.8) is 0 Å². The Balaban J connectivity index is 4.24. The zero-order chi connectivity index (χ0) is 13.4. The summed E-state index contributed by atoms with van der Waals surface area (Å²) in [4.78, 5) is 13.5. The minimum absolute atomic E-state index is 0.141. The van der Waals surface area contributed by atoms with E-state index in [1.54, 1.807) is 11.0 Å². The van der Waals surface area contributed by atoms with Crippen LogP contribution in [0.2, 0.25) is 0 Å². The third-order valence-electron chi connectivity index (χ3n) is 2.18. The molecule has 17 heavy (non-hydrogen) atoms. The van der Waals surface area contributed by atoms with Crippen molar-refractivity contribution in [1.29, 1.82) is 0 Å². The molecule has 0 spiro atoms. The Kier molecular flexibility index (Phi) is 7.35. The SMILES string of the molecule is CC(C)/C=C\C=C\OC(=O)N(C(C)C)C(C)C. The van der Waals surface area contributed by atoms with Gasteiger partial charge in [0.2, 0.25) is 0 Å². The second-order valence-corrected chi connectivity index (χ2v) is 4.94. The van der Waals surface area contributed by atoms with Crippen LogP contribution in [0.5, 0.6) is 0 Å². The summed E-state index contributed by atoms with van der Waals surface area (Å²) in [6.45, 7) is 12.1. The fraction of sp³-hybridized carbons (Fsp3) is 0.643. The second-order valence-electron chi connectivity index (χ2n) is 4.94. The molecule has 0 aromatic heterocycles. The van der Waals surface area contributed by atoms with Crippen molar-refractivity contribution >= 4 is 6.09 Å². The molecule has 0 atom stereocenters. The number of allylic oxidation sites excluding steroid dienone is 3. The molecule has 0 aliphatic rings. The summed E-state index contributed by atoms with van der Waals surface area (Å²) in [5.74, 6) is 0.498. The molecule has 0 aromatic carbocycles. The number of amides is 1. The van der Waals surface area contributed by atoms with Gasteiger partial charge in [0.05, 0.1) is 6.26 Å². The predicted octanol–water partition coefficient (Wildman–Crippen LogP) is 3.97. The lowest BCUT2D eigenvalue weighted by atomic mass is 10.2. The van der Waals surface area contributed by atoms with Crippen LogP contribution in [-0.2, 0) is 4.74 Å². The Labute approximate surface area is 105 Å². The second kappa shape index (κ2) is 7.93. The van der Waals surface area contributed by atoms with E-state index in [1.807, 2.05) is 39.8 Å². The molecule has 0 unspecified atom stereocenters. The lowest BCUT2D eigenvalue weighted by molar-refractivity contribution is 0.109. The third-order valence-corrected chi connectivity index (χ3v) is 2.18. The maximum Gasteiger partial charge on any atom is 0.415 e. The molecule has 0 N–H and O–H groups in total. The summed E-state index contributed by atoms with van der Waals surface area (Å²) < 4.78 is 5.06. The zero-order valence-electron chi connectivity index (χ0n) is 11.8. The summed E-state index contributed by atoms with van der Waals surface area (Å²) in [6.07, 6.45) is 6.78. The summed E-state index contributed by atoms with van der Waals surface area (Å²) in [5.41, 5.74) is 0. The molecule has 0 fully saturated rings. The van der Waals surface area contributed by atoms with Gasteiger partial charge in [0.1, 0.15) is 0 Å². The van der Waals surface area contributed by atoms with Crippen LogP contribution in [0.4, 0.5) is 4.79 Å². The van der Waals surface area contributed by atoms with Gasteiger partial charge in [0.15, 0.2) is 0 Å². The zero-order valence-corrected chi connectivity index (χ0v) is 11.8. The summed E-state index contributed by atoms with van der Waals surface area (Å²) in [5, 5.41) is 0. The number of nitrogens with zero attached hydrogens (tertiary/aromatic N) is 1. The number of carbonyl (C=O) groups is 1. The molecule has 3 heteroatoms. The van der Waals surface area contributed by atoms with Crippen LogP contribution >= 0.6 is 0 Å². The molecule has 0 radical (unpaired) electrons. The maximum atomic E-state index is 11.8. The molecule has 0 bridgehead atoms. The molecule has 0 heterocycles. The quantitative estimate of drug-likeness (QED) is 0.536. The molecule has 1 amide bonds. The normalized spacial score (nSPS) is 12.3. The molecule has 98 valence electrons. The van der Waals surface area contributed by atoms with Gasteiger partial charge >= 0.3 is 6.09 Å². The van der Waals surface area contributed by atoms with Gasteiger partial charge < -0.3 is 9.64 Å². The van der Waals surface area contributed by atoms with Crippen molar-refractivity contribution in [1.82, 2.24) is 4.90 Å². The highest BCUT2D eigenvalue weighted by Crippen LogP contribution is 2.07. The fourth-order valence-electron chi connectivity index (χ4n) is 1.51. The summed E-state index contributed by atoms with van der Waals surface area (Å²) >= 11 is 0. The van der Waals surface area contributed by atoms with Gasteiger partial charge in [-0.05, 0) is 39.7 Å². The van der Waals surface area contributed by atoms with Crippen molar-refractivity contribution in [2.75, 3.05) is 0 Å². The number of hydrogen-bond acceptors (Lipinski definition) is 2. The van der Waals surface area contributed by atoms with E-state index in [2.05, 4.69) is 13.8 Å². The van der Waals surface area contributed by atoms with Gasteiger partial charge in [0.25, 0.3) is 0 Å². The van der Waals surface area contributed by atoms with Crippen molar-refractivity contribution in [2.45, 2.75) is 53.6 Å². The first kappa shape index (κ1) is 15.8. The van der Waals surface area contributed by atoms with Crippen molar-refractivity contribution < 1.29 is 9.53 Å². The summed E-state index contributed by atoms with van der Waals surface area (Å²) in [6, 6.07) is 0.282. The van der Waals surface area contributed by atoms with Gasteiger partial charge in [-0.15, -0.1) is 0 Å². The monoisotopic (exact) mass is 239 g/mol. The van der Waals surface area contributed by atoms with Crippen LogP contribution in [0.25, 0.3) is 0 Å². The molecular formula is C14H25NO2. The third kappa shape index (κ3) is 6.82. The van der Waals surface area contributed by atoms with Gasteiger partial charge in [-0.1, -0.05) is 26.0 Å². The van der Waals surface area contributed by atoms with Gasteiger partial charge in [0, 0.05) is 12.1 Å². The standard InChI is InChI=1S/C14H25NO2/c1-11(2)9-7-8-10-17-14(16)15(12(3)4)13(5)6/h7-13H,1-6H3/b9-7-,10-8+. The van der Waals surface area contributed by atoms with E-state index in [0.717, 1.165) is 0 Å². The molecule has 0 saturated carbocycles. The molecule has 0 aliphatic heterocycles. The highest BCUT2D eigenvalue weighted by molar-refractivity contribution is 5.69.